The second-order valence-corrected chi connectivity index (χ2v) is 5.19. The Morgan fingerprint density at radius 3 is 2.50 bits per heavy atom. The molecule has 1 rings (SSSR count). The molecule has 4 heteroatoms. The zero-order valence-corrected chi connectivity index (χ0v) is 11.5. The van der Waals surface area contributed by atoms with E-state index in [4.69, 9.17) is 11.6 Å². The van der Waals surface area contributed by atoms with Crippen LogP contribution in [0.5, 0.6) is 0 Å². The average Bonchev–Trinajstić information content (AvgIpc) is 2.43. The van der Waals surface area contributed by atoms with Gasteiger partial charge in [0.05, 0.1) is 22.0 Å². The Hall–Kier alpha value is -0.540. The zero-order chi connectivity index (χ0) is 12.5. The van der Waals surface area contributed by atoms with Crippen LogP contribution in [0.2, 0.25) is 5.02 Å². The van der Waals surface area contributed by atoms with Crippen LogP contribution in [-0.2, 0) is 13.5 Å². The number of aliphatic hydroxyl groups is 1. The summed E-state index contributed by atoms with van der Waals surface area (Å²) >= 11 is 6.17. The molecule has 1 aromatic rings. The normalized spacial score (nSPS) is 17.2. The molecule has 0 saturated heterocycles. The Morgan fingerprint density at radius 2 is 2.12 bits per heavy atom. The average molecular weight is 245 g/mol. The van der Waals surface area contributed by atoms with Crippen molar-refractivity contribution >= 4 is 11.6 Å². The van der Waals surface area contributed by atoms with E-state index < -0.39 is 5.60 Å². The van der Waals surface area contributed by atoms with E-state index in [2.05, 4.69) is 18.9 Å². The summed E-state index contributed by atoms with van der Waals surface area (Å²) in [6, 6.07) is 0. The first kappa shape index (κ1) is 13.5. The smallest absolute Gasteiger partial charge is 0.0848 e. The first-order chi connectivity index (χ1) is 7.29. The molecule has 92 valence electrons. The molecule has 2 unspecified atom stereocenters. The van der Waals surface area contributed by atoms with Crippen LogP contribution in [0.4, 0.5) is 0 Å². The summed E-state index contributed by atoms with van der Waals surface area (Å²) in [6.07, 6.45) is 1.49. The van der Waals surface area contributed by atoms with Crippen molar-refractivity contribution in [3.05, 3.63) is 16.4 Å². The van der Waals surface area contributed by atoms with Crippen molar-refractivity contribution in [3.8, 4) is 0 Å². The maximum atomic E-state index is 10.4. The highest BCUT2D eigenvalue weighted by molar-refractivity contribution is 6.31. The Labute approximate surface area is 102 Å². The summed E-state index contributed by atoms with van der Waals surface area (Å²) in [4.78, 5) is 0. The topological polar surface area (TPSA) is 38.1 Å². The van der Waals surface area contributed by atoms with E-state index in [0.29, 0.717) is 11.4 Å². The van der Waals surface area contributed by atoms with E-state index in [9.17, 15) is 5.11 Å². The van der Waals surface area contributed by atoms with Crippen molar-refractivity contribution < 1.29 is 5.11 Å². The van der Waals surface area contributed by atoms with E-state index in [1.807, 2.05) is 20.9 Å². The molecule has 1 N–H and O–H groups in total. The van der Waals surface area contributed by atoms with Gasteiger partial charge in [-0.05, 0) is 19.8 Å². The van der Waals surface area contributed by atoms with Crippen molar-refractivity contribution in [2.45, 2.75) is 46.1 Å². The monoisotopic (exact) mass is 244 g/mol. The molecular formula is C12H21ClN2O. The predicted molar refractivity (Wildman–Crippen MR) is 66.7 cm³/mol. The number of nitrogens with zero attached hydrogens (tertiary/aromatic N) is 2. The van der Waals surface area contributed by atoms with Crippen LogP contribution in [0.25, 0.3) is 0 Å². The molecule has 0 bridgehead atoms. The van der Waals surface area contributed by atoms with E-state index in [1.54, 1.807) is 4.68 Å². The molecule has 0 aliphatic heterocycles. The fraction of sp³-hybridized carbons (Fsp3) is 0.750. The molecule has 0 aliphatic rings. The van der Waals surface area contributed by atoms with Crippen LogP contribution < -0.4 is 0 Å². The molecule has 0 saturated carbocycles. The highest BCUT2D eigenvalue weighted by Crippen LogP contribution is 2.28. The number of aromatic nitrogens is 2. The van der Waals surface area contributed by atoms with Crippen molar-refractivity contribution in [2.24, 2.45) is 13.0 Å². The minimum Gasteiger partial charge on any atom is -0.389 e. The highest BCUT2D eigenvalue weighted by Gasteiger charge is 2.30. The fourth-order valence-corrected chi connectivity index (χ4v) is 2.05. The molecule has 0 radical (unpaired) electrons. The summed E-state index contributed by atoms with van der Waals surface area (Å²) in [5.41, 5.74) is 0.988. The number of hydrogen-bond acceptors (Lipinski definition) is 2. The Morgan fingerprint density at radius 1 is 1.56 bits per heavy atom. The Bertz CT molecular complexity index is 371. The standard InChI is InChI=1S/C12H21ClN2O/c1-6-8(2)12(4,16)7-10-11(13)9(3)14-15(10)5/h8,16H,6-7H2,1-5H3. The largest absolute Gasteiger partial charge is 0.389 e. The molecule has 1 heterocycles. The number of halogens is 1. The van der Waals surface area contributed by atoms with Gasteiger partial charge in [0.2, 0.25) is 0 Å². The molecule has 0 spiro atoms. The quantitative estimate of drug-likeness (QED) is 0.885. The molecule has 0 fully saturated rings. The van der Waals surface area contributed by atoms with Gasteiger partial charge < -0.3 is 5.11 Å². The third kappa shape index (κ3) is 2.58. The van der Waals surface area contributed by atoms with E-state index in [0.717, 1.165) is 17.8 Å². The van der Waals surface area contributed by atoms with E-state index >= 15 is 0 Å². The van der Waals surface area contributed by atoms with Gasteiger partial charge in [-0.3, -0.25) is 4.68 Å². The lowest BCUT2D eigenvalue weighted by Crippen LogP contribution is -2.35. The highest BCUT2D eigenvalue weighted by atomic mass is 35.5. The Balaban J connectivity index is 2.96. The van der Waals surface area contributed by atoms with E-state index in [-0.39, 0.29) is 5.92 Å². The molecule has 3 nitrogen and oxygen atoms in total. The number of hydrogen-bond donors (Lipinski definition) is 1. The van der Waals surface area contributed by atoms with Crippen LogP contribution in [0, 0.1) is 12.8 Å². The van der Waals surface area contributed by atoms with Gasteiger partial charge in [0.1, 0.15) is 0 Å². The maximum absolute atomic E-state index is 10.4. The second-order valence-electron chi connectivity index (χ2n) is 4.81. The van der Waals surface area contributed by atoms with Crippen LogP contribution in [0.15, 0.2) is 0 Å². The minimum atomic E-state index is -0.737. The van der Waals surface area contributed by atoms with Gasteiger partial charge in [-0.1, -0.05) is 31.9 Å². The molecule has 0 aliphatic carbocycles. The van der Waals surface area contributed by atoms with Gasteiger partial charge in [-0.2, -0.15) is 5.10 Å². The summed E-state index contributed by atoms with van der Waals surface area (Å²) in [5.74, 6) is 0.235. The van der Waals surface area contributed by atoms with Gasteiger partial charge in [-0.25, -0.2) is 0 Å². The van der Waals surface area contributed by atoms with Gasteiger partial charge in [-0.15, -0.1) is 0 Å². The van der Waals surface area contributed by atoms with Crippen molar-refractivity contribution in [1.82, 2.24) is 9.78 Å². The van der Waals surface area contributed by atoms with Gasteiger partial charge >= 0.3 is 0 Å². The lowest BCUT2D eigenvalue weighted by molar-refractivity contribution is 0.00361. The predicted octanol–water partition coefficient (Wildman–Crippen LogP) is 2.72. The van der Waals surface area contributed by atoms with Crippen molar-refractivity contribution in [2.75, 3.05) is 0 Å². The summed E-state index contributed by atoms with van der Waals surface area (Å²) in [7, 11) is 1.86. The number of rotatable bonds is 4. The minimum absolute atomic E-state index is 0.235. The first-order valence-corrected chi connectivity index (χ1v) is 6.07. The second kappa shape index (κ2) is 4.76. The lowest BCUT2D eigenvalue weighted by atomic mass is 9.85. The summed E-state index contributed by atoms with van der Waals surface area (Å²) in [6.45, 7) is 7.87. The number of aryl methyl sites for hydroxylation is 2. The molecule has 16 heavy (non-hydrogen) atoms. The first-order valence-electron chi connectivity index (χ1n) is 5.70. The summed E-state index contributed by atoms with van der Waals surface area (Å²) in [5, 5.41) is 15.3. The lowest BCUT2D eigenvalue weighted by Gasteiger charge is -2.29. The van der Waals surface area contributed by atoms with E-state index in [1.165, 1.54) is 0 Å². The zero-order valence-electron chi connectivity index (χ0n) is 10.7. The van der Waals surface area contributed by atoms with Crippen molar-refractivity contribution in [1.29, 1.82) is 0 Å². The maximum Gasteiger partial charge on any atom is 0.0848 e. The van der Waals surface area contributed by atoms with Crippen LogP contribution in [0.1, 0.15) is 38.6 Å². The van der Waals surface area contributed by atoms with Gasteiger partial charge in [0, 0.05) is 13.5 Å². The van der Waals surface area contributed by atoms with Crippen molar-refractivity contribution in [3.63, 3.8) is 0 Å². The molecule has 1 aromatic heterocycles. The summed E-state index contributed by atoms with van der Waals surface area (Å²) < 4.78 is 1.76. The Kier molecular flexibility index (Phi) is 4.02. The molecule has 0 amide bonds. The molecule has 0 aromatic carbocycles. The van der Waals surface area contributed by atoms with Crippen LogP contribution >= 0.6 is 11.6 Å². The van der Waals surface area contributed by atoms with Crippen LogP contribution in [-0.4, -0.2) is 20.5 Å². The third-order valence-corrected chi connectivity index (χ3v) is 3.95. The van der Waals surface area contributed by atoms with Crippen LogP contribution in [0.3, 0.4) is 0 Å². The van der Waals surface area contributed by atoms with Gasteiger partial charge in [0.15, 0.2) is 0 Å². The fourth-order valence-electron chi connectivity index (χ4n) is 1.83. The third-order valence-electron chi connectivity index (χ3n) is 3.46. The molecular weight excluding hydrogens is 224 g/mol. The van der Waals surface area contributed by atoms with Gasteiger partial charge in [0.25, 0.3) is 0 Å². The SMILES string of the molecule is CCC(C)C(C)(O)Cc1c(Cl)c(C)nn1C. The molecule has 2 atom stereocenters.